The highest BCUT2D eigenvalue weighted by atomic mass is 16.5. The maximum absolute atomic E-state index is 12.3. The molecule has 0 fully saturated rings. The number of esters is 1. The van der Waals surface area contributed by atoms with E-state index < -0.39 is 11.9 Å². The largest absolute Gasteiger partial charge is 0.506 e. The zero-order valence-electron chi connectivity index (χ0n) is 17.1. The lowest BCUT2D eigenvalue weighted by Crippen LogP contribution is -2.24. The summed E-state index contributed by atoms with van der Waals surface area (Å²) in [4.78, 5) is 40.1. The Hall–Kier alpha value is -4.40. The number of ether oxygens (including phenoxy) is 1. The molecule has 0 aliphatic heterocycles. The molecular formula is C23H22N4O5. The van der Waals surface area contributed by atoms with Gasteiger partial charge in [-0.05, 0) is 60.2 Å². The van der Waals surface area contributed by atoms with Crippen LogP contribution >= 0.6 is 0 Å². The molecule has 1 aromatic heterocycles. The molecule has 1 heterocycles. The number of phenolic OH excluding ortho intramolecular Hbond substituents is 1. The van der Waals surface area contributed by atoms with Gasteiger partial charge in [0.15, 0.2) is 0 Å². The van der Waals surface area contributed by atoms with E-state index in [1.165, 1.54) is 42.5 Å². The van der Waals surface area contributed by atoms with Crippen molar-refractivity contribution >= 4 is 29.2 Å². The number of anilines is 2. The summed E-state index contributed by atoms with van der Waals surface area (Å²) in [6, 6.07) is 13.8. The van der Waals surface area contributed by atoms with Gasteiger partial charge < -0.3 is 26.2 Å². The Bertz CT molecular complexity index is 1100. The predicted octanol–water partition coefficient (Wildman–Crippen LogP) is 2.62. The summed E-state index contributed by atoms with van der Waals surface area (Å²) in [6.07, 6.45) is 3.18. The zero-order chi connectivity index (χ0) is 22.9. The van der Waals surface area contributed by atoms with E-state index in [4.69, 9.17) is 10.5 Å². The summed E-state index contributed by atoms with van der Waals surface area (Å²) in [5, 5.41) is 15.1. The van der Waals surface area contributed by atoms with Crippen molar-refractivity contribution in [2.75, 3.05) is 11.1 Å². The lowest BCUT2D eigenvalue weighted by Gasteiger charge is -2.09. The minimum Gasteiger partial charge on any atom is -0.506 e. The fourth-order valence-corrected chi connectivity index (χ4v) is 2.71. The van der Waals surface area contributed by atoms with E-state index >= 15 is 0 Å². The second-order valence-electron chi connectivity index (χ2n) is 6.86. The van der Waals surface area contributed by atoms with Gasteiger partial charge in [0.2, 0.25) is 5.91 Å². The average molecular weight is 434 g/mol. The van der Waals surface area contributed by atoms with Crippen LogP contribution in [0.2, 0.25) is 0 Å². The van der Waals surface area contributed by atoms with Gasteiger partial charge in [-0.15, -0.1) is 0 Å². The second kappa shape index (κ2) is 10.6. The fraction of sp³-hybridized carbons (Fsp3) is 0.130. The standard InChI is InChI=1S/C23H22N4O5/c24-17-3-6-20(28)19(13-17)27-23(31)16-1-4-18(5-2-16)32-22(30)8-7-21(29)26-14-15-9-11-25-12-10-15/h1-6,9-13,28H,7-8,14,24H2,(H,26,29)(H,27,31). The Balaban J connectivity index is 1.45. The minimum atomic E-state index is -0.564. The molecule has 3 rings (SSSR count). The number of carbonyl (C=O) groups excluding carboxylic acids is 3. The van der Waals surface area contributed by atoms with Gasteiger partial charge >= 0.3 is 5.97 Å². The molecule has 2 aromatic carbocycles. The Kier molecular flexibility index (Phi) is 7.37. The van der Waals surface area contributed by atoms with Gasteiger partial charge in [-0.2, -0.15) is 0 Å². The minimum absolute atomic E-state index is 0.00585. The second-order valence-corrected chi connectivity index (χ2v) is 6.86. The summed E-state index contributed by atoms with van der Waals surface area (Å²) >= 11 is 0. The number of rotatable bonds is 8. The molecule has 0 atom stereocenters. The van der Waals surface area contributed by atoms with Crippen molar-refractivity contribution < 1.29 is 24.2 Å². The molecule has 0 saturated carbocycles. The van der Waals surface area contributed by atoms with Crippen LogP contribution in [0.25, 0.3) is 0 Å². The SMILES string of the molecule is Nc1ccc(O)c(NC(=O)c2ccc(OC(=O)CCC(=O)NCc3ccncc3)cc2)c1. The lowest BCUT2D eigenvalue weighted by molar-refractivity contribution is -0.136. The monoisotopic (exact) mass is 434 g/mol. The number of nitrogens with zero attached hydrogens (tertiary/aromatic N) is 1. The first-order chi connectivity index (χ1) is 15.4. The maximum Gasteiger partial charge on any atom is 0.311 e. The number of pyridine rings is 1. The van der Waals surface area contributed by atoms with Crippen molar-refractivity contribution in [3.63, 3.8) is 0 Å². The number of nitrogen functional groups attached to an aromatic ring is 1. The highest BCUT2D eigenvalue weighted by molar-refractivity contribution is 6.05. The molecule has 164 valence electrons. The van der Waals surface area contributed by atoms with E-state index in [-0.39, 0.29) is 35.9 Å². The number of amides is 2. The third kappa shape index (κ3) is 6.56. The van der Waals surface area contributed by atoms with Gasteiger partial charge in [-0.1, -0.05) is 0 Å². The number of nitrogens with one attached hydrogen (secondary N) is 2. The molecule has 2 amide bonds. The van der Waals surface area contributed by atoms with Gasteiger partial charge in [0.25, 0.3) is 5.91 Å². The van der Waals surface area contributed by atoms with Crippen LogP contribution in [-0.4, -0.2) is 27.9 Å². The maximum atomic E-state index is 12.3. The molecular weight excluding hydrogens is 412 g/mol. The topological polar surface area (TPSA) is 144 Å². The molecule has 9 heteroatoms. The summed E-state index contributed by atoms with van der Waals surface area (Å²) in [5.74, 6) is -1.16. The van der Waals surface area contributed by atoms with Gasteiger partial charge in [0, 0.05) is 36.6 Å². The number of aromatic hydroxyl groups is 1. The number of hydrogen-bond acceptors (Lipinski definition) is 7. The number of aromatic nitrogens is 1. The molecule has 3 aromatic rings. The molecule has 0 saturated heterocycles. The number of nitrogens with two attached hydrogens (primary N) is 1. The third-order valence-corrected chi connectivity index (χ3v) is 4.41. The number of phenols is 1. The smallest absolute Gasteiger partial charge is 0.311 e. The average Bonchev–Trinajstić information content (AvgIpc) is 2.80. The first-order valence-electron chi connectivity index (χ1n) is 9.77. The Morgan fingerprint density at radius 2 is 1.69 bits per heavy atom. The van der Waals surface area contributed by atoms with Crippen LogP contribution in [0, 0.1) is 0 Å². The van der Waals surface area contributed by atoms with Crippen molar-refractivity contribution in [3.05, 3.63) is 78.1 Å². The summed E-state index contributed by atoms with van der Waals surface area (Å²) in [6.45, 7) is 0.354. The quantitative estimate of drug-likeness (QED) is 0.140. The first-order valence-corrected chi connectivity index (χ1v) is 9.77. The van der Waals surface area contributed by atoms with Crippen LogP contribution in [0.15, 0.2) is 67.0 Å². The van der Waals surface area contributed by atoms with E-state index in [9.17, 15) is 19.5 Å². The predicted molar refractivity (Wildman–Crippen MR) is 118 cm³/mol. The zero-order valence-corrected chi connectivity index (χ0v) is 17.1. The fourth-order valence-electron chi connectivity index (χ4n) is 2.71. The van der Waals surface area contributed by atoms with E-state index in [0.717, 1.165) is 5.56 Å². The van der Waals surface area contributed by atoms with Crippen molar-refractivity contribution in [1.29, 1.82) is 0 Å². The molecule has 0 radical (unpaired) electrons. The van der Waals surface area contributed by atoms with Crippen LogP contribution in [0.5, 0.6) is 11.5 Å². The van der Waals surface area contributed by atoms with E-state index in [2.05, 4.69) is 15.6 Å². The number of benzene rings is 2. The highest BCUT2D eigenvalue weighted by Crippen LogP contribution is 2.26. The summed E-state index contributed by atoms with van der Waals surface area (Å²) in [7, 11) is 0. The van der Waals surface area contributed by atoms with Crippen molar-refractivity contribution in [1.82, 2.24) is 10.3 Å². The van der Waals surface area contributed by atoms with Crippen LogP contribution in [0.1, 0.15) is 28.8 Å². The highest BCUT2D eigenvalue weighted by Gasteiger charge is 2.12. The summed E-state index contributed by atoms with van der Waals surface area (Å²) in [5.41, 5.74) is 7.44. The van der Waals surface area contributed by atoms with E-state index in [1.54, 1.807) is 24.5 Å². The lowest BCUT2D eigenvalue weighted by atomic mass is 10.2. The van der Waals surface area contributed by atoms with Crippen LogP contribution < -0.4 is 21.1 Å². The molecule has 0 aliphatic carbocycles. The molecule has 32 heavy (non-hydrogen) atoms. The normalized spacial score (nSPS) is 10.2. The molecule has 0 unspecified atom stereocenters. The Labute approximate surface area is 184 Å². The molecule has 0 aliphatic rings. The van der Waals surface area contributed by atoms with Crippen molar-refractivity contribution in [3.8, 4) is 11.5 Å². The first kappa shape index (κ1) is 22.3. The van der Waals surface area contributed by atoms with Crippen molar-refractivity contribution in [2.45, 2.75) is 19.4 Å². The summed E-state index contributed by atoms with van der Waals surface area (Å²) < 4.78 is 5.20. The molecule has 0 bridgehead atoms. The van der Waals surface area contributed by atoms with E-state index in [0.29, 0.717) is 17.8 Å². The van der Waals surface area contributed by atoms with Crippen LogP contribution in [-0.2, 0) is 16.1 Å². The van der Waals surface area contributed by atoms with Gasteiger partial charge in [0.05, 0.1) is 12.1 Å². The van der Waals surface area contributed by atoms with Gasteiger partial charge in [-0.3, -0.25) is 19.4 Å². The molecule has 5 N–H and O–H groups in total. The number of hydrogen-bond donors (Lipinski definition) is 4. The molecule has 9 nitrogen and oxygen atoms in total. The van der Waals surface area contributed by atoms with Crippen LogP contribution in [0.4, 0.5) is 11.4 Å². The van der Waals surface area contributed by atoms with Gasteiger partial charge in [0.1, 0.15) is 11.5 Å². The Morgan fingerprint density at radius 1 is 0.969 bits per heavy atom. The Morgan fingerprint density at radius 3 is 2.41 bits per heavy atom. The van der Waals surface area contributed by atoms with Crippen LogP contribution in [0.3, 0.4) is 0 Å². The van der Waals surface area contributed by atoms with Gasteiger partial charge in [-0.25, -0.2) is 0 Å². The molecule has 0 spiro atoms. The number of carbonyl (C=O) groups is 3. The van der Waals surface area contributed by atoms with E-state index in [1.807, 2.05) is 0 Å². The van der Waals surface area contributed by atoms with Crippen molar-refractivity contribution in [2.24, 2.45) is 0 Å². The third-order valence-electron chi connectivity index (χ3n) is 4.41.